The summed E-state index contributed by atoms with van der Waals surface area (Å²) in [6.07, 6.45) is -0.784. The Morgan fingerprint density at radius 2 is 2.00 bits per heavy atom. The normalized spacial score (nSPS) is 15.2. The average molecular weight is 351 g/mol. The van der Waals surface area contributed by atoms with E-state index in [4.69, 9.17) is 14.7 Å². The van der Waals surface area contributed by atoms with Gasteiger partial charge in [0.15, 0.2) is 12.7 Å². The summed E-state index contributed by atoms with van der Waals surface area (Å²) in [5, 5.41) is 11.3. The molecular weight excluding hydrogens is 334 g/mol. The SMILES string of the molecule is CNC(=O)[C@H]1CN(C(=O)COc2ccc(C#N)cc2)c2ccccc2O1. The smallest absolute Gasteiger partial charge is 0.265 e. The number of anilines is 1. The fourth-order valence-electron chi connectivity index (χ4n) is 2.62. The van der Waals surface area contributed by atoms with Gasteiger partial charge in [0.25, 0.3) is 11.8 Å². The number of para-hydroxylation sites is 2. The first kappa shape index (κ1) is 17.3. The van der Waals surface area contributed by atoms with Crippen molar-refractivity contribution < 1.29 is 19.1 Å². The van der Waals surface area contributed by atoms with E-state index in [1.165, 1.54) is 11.9 Å². The van der Waals surface area contributed by atoms with Crippen molar-refractivity contribution >= 4 is 17.5 Å². The van der Waals surface area contributed by atoms with Gasteiger partial charge < -0.3 is 19.7 Å². The molecule has 2 aromatic carbocycles. The Labute approximate surface area is 150 Å². The molecule has 0 saturated heterocycles. The molecule has 7 nitrogen and oxygen atoms in total. The molecule has 0 radical (unpaired) electrons. The van der Waals surface area contributed by atoms with Crippen LogP contribution in [0.5, 0.6) is 11.5 Å². The van der Waals surface area contributed by atoms with Gasteiger partial charge in [-0.25, -0.2) is 0 Å². The maximum absolute atomic E-state index is 12.7. The number of hydrogen-bond acceptors (Lipinski definition) is 5. The van der Waals surface area contributed by atoms with Gasteiger partial charge in [-0.3, -0.25) is 9.59 Å². The number of ether oxygens (including phenoxy) is 2. The van der Waals surface area contributed by atoms with Gasteiger partial charge >= 0.3 is 0 Å². The zero-order chi connectivity index (χ0) is 18.5. The summed E-state index contributed by atoms with van der Waals surface area (Å²) in [7, 11) is 1.52. The summed E-state index contributed by atoms with van der Waals surface area (Å²) in [4.78, 5) is 26.1. The second-order valence-electron chi connectivity index (χ2n) is 5.62. The van der Waals surface area contributed by atoms with Crippen LogP contribution < -0.4 is 19.7 Å². The summed E-state index contributed by atoms with van der Waals surface area (Å²) < 4.78 is 11.2. The molecule has 0 aromatic heterocycles. The lowest BCUT2D eigenvalue weighted by atomic mass is 10.1. The van der Waals surface area contributed by atoms with E-state index >= 15 is 0 Å². The van der Waals surface area contributed by atoms with Gasteiger partial charge in [-0.05, 0) is 36.4 Å². The minimum absolute atomic E-state index is 0.103. The minimum atomic E-state index is -0.784. The van der Waals surface area contributed by atoms with Crippen molar-refractivity contribution in [2.75, 3.05) is 25.1 Å². The predicted octanol–water partition coefficient (Wildman–Crippen LogP) is 1.48. The monoisotopic (exact) mass is 351 g/mol. The van der Waals surface area contributed by atoms with Crippen LogP contribution in [0, 0.1) is 11.3 Å². The van der Waals surface area contributed by atoms with Crippen molar-refractivity contribution in [1.29, 1.82) is 5.26 Å². The number of carbonyl (C=O) groups excluding carboxylic acids is 2. The molecule has 0 unspecified atom stereocenters. The molecule has 26 heavy (non-hydrogen) atoms. The molecular formula is C19H17N3O4. The number of amides is 2. The Bertz CT molecular complexity index is 858. The van der Waals surface area contributed by atoms with Crippen LogP contribution in [0.15, 0.2) is 48.5 Å². The number of carbonyl (C=O) groups is 2. The Morgan fingerprint density at radius 1 is 1.27 bits per heavy atom. The van der Waals surface area contributed by atoms with Gasteiger partial charge in [-0.2, -0.15) is 5.26 Å². The molecule has 0 saturated carbocycles. The summed E-state index contributed by atoms with van der Waals surface area (Å²) in [6, 6.07) is 15.6. The lowest BCUT2D eigenvalue weighted by Crippen LogP contribution is -2.51. The number of nitrogens with zero attached hydrogens (tertiary/aromatic N) is 2. The number of likely N-dealkylation sites (N-methyl/N-ethyl adjacent to an activating group) is 1. The van der Waals surface area contributed by atoms with Crippen LogP contribution in [0.2, 0.25) is 0 Å². The number of hydrogen-bond donors (Lipinski definition) is 1. The lowest BCUT2D eigenvalue weighted by Gasteiger charge is -2.33. The fourth-order valence-corrected chi connectivity index (χ4v) is 2.62. The van der Waals surface area contributed by atoms with E-state index < -0.39 is 6.10 Å². The number of rotatable bonds is 4. The maximum atomic E-state index is 12.7. The van der Waals surface area contributed by atoms with Crippen molar-refractivity contribution in [3.8, 4) is 17.6 Å². The lowest BCUT2D eigenvalue weighted by molar-refractivity contribution is -0.128. The maximum Gasteiger partial charge on any atom is 0.265 e. The molecule has 2 aromatic rings. The third-order valence-corrected chi connectivity index (χ3v) is 3.96. The highest BCUT2D eigenvalue weighted by Crippen LogP contribution is 2.33. The number of benzene rings is 2. The molecule has 1 aliphatic rings. The second-order valence-corrected chi connectivity index (χ2v) is 5.62. The first-order valence-corrected chi connectivity index (χ1v) is 8.03. The van der Waals surface area contributed by atoms with Crippen LogP contribution >= 0.6 is 0 Å². The summed E-state index contributed by atoms with van der Waals surface area (Å²) in [5.74, 6) is 0.366. The molecule has 0 spiro atoms. The third-order valence-electron chi connectivity index (χ3n) is 3.96. The first-order chi connectivity index (χ1) is 12.6. The van der Waals surface area contributed by atoms with Gasteiger partial charge in [-0.15, -0.1) is 0 Å². The van der Waals surface area contributed by atoms with Crippen LogP contribution in [0.1, 0.15) is 5.56 Å². The summed E-state index contributed by atoms with van der Waals surface area (Å²) >= 11 is 0. The zero-order valence-electron chi connectivity index (χ0n) is 14.1. The van der Waals surface area contributed by atoms with Crippen molar-refractivity contribution in [3.63, 3.8) is 0 Å². The van der Waals surface area contributed by atoms with Crippen molar-refractivity contribution in [2.24, 2.45) is 0 Å². The quantitative estimate of drug-likeness (QED) is 0.901. The van der Waals surface area contributed by atoms with Crippen LogP contribution in [0.3, 0.4) is 0 Å². The van der Waals surface area contributed by atoms with E-state index in [1.54, 1.807) is 48.5 Å². The van der Waals surface area contributed by atoms with Crippen LogP contribution in [0.4, 0.5) is 5.69 Å². The van der Waals surface area contributed by atoms with Gasteiger partial charge in [0.05, 0.1) is 23.9 Å². The molecule has 7 heteroatoms. The highest BCUT2D eigenvalue weighted by molar-refractivity contribution is 5.98. The molecule has 3 rings (SSSR count). The predicted molar refractivity (Wildman–Crippen MR) is 93.9 cm³/mol. The van der Waals surface area contributed by atoms with Gasteiger partial charge in [0.2, 0.25) is 0 Å². The number of nitriles is 1. The van der Waals surface area contributed by atoms with E-state index in [9.17, 15) is 9.59 Å². The molecule has 1 N–H and O–H groups in total. The molecule has 0 fully saturated rings. The Balaban J connectivity index is 1.74. The van der Waals surface area contributed by atoms with Crippen molar-refractivity contribution in [2.45, 2.75) is 6.10 Å². The molecule has 0 bridgehead atoms. The van der Waals surface area contributed by atoms with Gasteiger partial charge in [0.1, 0.15) is 11.5 Å². The molecule has 0 aliphatic carbocycles. The van der Waals surface area contributed by atoms with Gasteiger partial charge in [-0.1, -0.05) is 12.1 Å². The minimum Gasteiger partial charge on any atom is -0.484 e. The van der Waals surface area contributed by atoms with Crippen LogP contribution in [-0.4, -0.2) is 38.1 Å². The molecule has 2 amide bonds. The standard InChI is InChI=1S/C19H17N3O4/c1-21-19(24)17-11-22(15-4-2-3-5-16(15)26-17)18(23)12-25-14-8-6-13(10-20)7-9-14/h2-9,17H,11-12H2,1H3,(H,21,24)/t17-/m1/s1. The van der Waals surface area contributed by atoms with E-state index in [0.29, 0.717) is 22.7 Å². The third kappa shape index (κ3) is 3.59. The zero-order valence-corrected chi connectivity index (χ0v) is 14.1. The number of fused-ring (bicyclic) bond motifs is 1. The number of nitrogens with one attached hydrogen (secondary N) is 1. The van der Waals surface area contributed by atoms with Gasteiger partial charge in [0, 0.05) is 7.05 Å². The topological polar surface area (TPSA) is 91.7 Å². The van der Waals surface area contributed by atoms with Crippen molar-refractivity contribution in [1.82, 2.24) is 5.32 Å². The van der Waals surface area contributed by atoms with E-state index in [2.05, 4.69) is 5.32 Å². The van der Waals surface area contributed by atoms with E-state index in [0.717, 1.165) is 0 Å². The van der Waals surface area contributed by atoms with Crippen LogP contribution in [0.25, 0.3) is 0 Å². The first-order valence-electron chi connectivity index (χ1n) is 8.03. The second kappa shape index (κ2) is 7.57. The van der Waals surface area contributed by atoms with Crippen LogP contribution in [-0.2, 0) is 9.59 Å². The fraction of sp³-hybridized carbons (Fsp3) is 0.211. The highest BCUT2D eigenvalue weighted by atomic mass is 16.5. The van der Waals surface area contributed by atoms with Crippen molar-refractivity contribution in [3.05, 3.63) is 54.1 Å². The largest absolute Gasteiger partial charge is 0.484 e. The molecule has 1 heterocycles. The van der Waals surface area contributed by atoms with E-state index in [1.807, 2.05) is 6.07 Å². The average Bonchev–Trinajstić information content (AvgIpc) is 2.70. The highest BCUT2D eigenvalue weighted by Gasteiger charge is 2.33. The molecule has 1 atom stereocenters. The van der Waals surface area contributed by atoms with E-state index in [-0.39, 0.29) is 25.0 Å². The summed E-state index contributed by atoms with van der Waals surface area (Å²) in [6.45, 7) is -0.0903. The molecule has 1 aliphatic heterocycles. The Kier molecular flexibility index (Phi) is 5.04. The Hall–Kier alpha value is -3.53. The summed E-state index contributed by atoms with van der Waals surface area (Å²) in [5.41, 5.74) is 1.11. The Morgan fingerprint density at radius 3 is 2.69 bits per heavy atom. The molecule has 132 valence electrons.